The van der Waals surface area contributed by atoms with Crippen molar-refractivity contribution in [3.8, 4) is 0 Å². The van der Waals surface area contributed by atoms with Crippen molar-refractivity contribution >= 4 is 45.8 Å². The summed E-state index contributed by atoms with van der Waals surface area (Å²) in [6.07, 6.45) is 2.28. The molecule has 3 N–H and O–H groups in total. The molecule has 0 amide bonds. The molecule has 0 saturated carbocycles. The zero-order valence-corrected chi connectivity index (χ0v) is 13.6. The Balaban J connectivity index is 1.94. The number of nitrogens with one attached hydrogen (secondary N) is 1. The number of hydrogen-bond donors (Lipinski definition) is 2. The number of benzene rings is 1. The Morgan fingerprint density at radius 3 is 2.71 bits per heavy atom. The lowest BCUT2D eigenvalue weighted by Crippen LogP contribution is -2.31. The first-order valence-corrected chi connectivity index (χ1v) is 8.32. The molecule has 1 atom stereocenters. The summed E-state index contributed by atoms with van der Waals surface area (Å²) in [7, 11) is 0. The summed E-state index contributed by atoms with van der Waals surface area (Å²) >= 11 is 13.4. The monoisotopic (exact) mass is 343 g/mol. The molecule has 2 aliphatic heterocycles. The van der Waals surface area contributed by atoms with Gasteiger partial charge >= 0.3 is 0 Å². The standard InChI is InChI=1S/C14H15Cl2N3OS/c15-8-3-4-9(16)10(7-8)18-12-11(17)14(20)21-13(12)19-5-1-2-6-19/h3-4,7,11,18H,1-2,5-6,17H2. The van der Waals surface area contributed by atoms with Gasteiger partial charge in [0, 0.05) is 18.1 Å². The van der Waals surface area contributed by atoms with Crippen LogP contribution in [0, 0.1) is 0 Å². The van der Waals surface area contributed by atoms with Crippen molar-refractivity contribution in [1.29, 1.82) is 0 Å². The Morgan fingerprint density at radius 1 is 1.29 bits per heavy atom. The first-order chi connectivity index (χ1) is 10.1. The Morgan fingerprint density at radius 2 is 2.00 bits per heavy atom. The zero-order chi connectivity index (χ0) is 15.0. The average molecular weight is 344 g/mol. The maximum Gasteiger partial charge on any atom is 0.217 e. The second-order valence-corrected chi connectivity index (χ2v) is 6.90. The van der Waals surface area contributed by atoms with E-state index in [0.29, 0.717) is 15.7 Å². The van der Waals surface area contributed by atoms with E-state index < -0.39 is 6.04 Å². The number of carbonyl (C=O) groups excluding carboxylic acids is 1. The van der Waals surface area contributed by atoms with Crippen molar-refractivity contribution in [2.24, 2.45) is 5.73 Å². The fourth-order valence-corrected chi connectivity index (χ4v) is 3.86. The molecule has 3 rings (SSSR count). The van der Waals surface area contributed by atoms with Gasteiger partial charge in [-0.3, -0.25) is 4.79 Å². The summed E-state index contributed by atoms with van der Waals surface area (Å²) < 4.78 is 0. The van der Waals surface area contributed by atoms with Crippen LogP contribution in [0.5, 0.6) is 0 Å². The number of anilines is 1. The van der Waals surface area contributed by atoms with Gasteiger partial charge in [-0.15, -0.1) is 0 Å². The Labute approximate surface area is 137 Å². The molecular formula is C14H15Cl2N3OS. The molecule has 0 radical (unpaired) electrons. The lowest BCUT2D eigenvalue weighted by molar-refractivity contribution is -0.111. The number of likely N-dealkylation sites (tertiary alicyclic amines) is 1. The van der Waals surface area contributed by atoms with Crippen LogP contribution in [0.3, 0.4) is 0 Å². The van der Waals surface area contributed by atoms with Crippen molar-refractivity contribution < 1.29 is 4.79 Å². The summed E-state index contributed by atoms with van der Waals surface area (Å²) in [5.74, 6) is 0. The van der Waals surface area contributed by atoms with Crippen molar-refractivity contribution in [3.05, 3.63) is 39.0 Å². The first kappa shape index (κ1) is 15.0. The van der Waals surface area contributed by atoms with E-state index >= 15 is 0 Å². The lowest BCUT2D eigenvalue weighted by Gasteiger charge is -2.21. The van der Waals surface area contributed by atoms with Crippen LogP contribution in [0.2, 0.25) is 10.0 Å². The van der Waals surface area contributed by atoms with Crippen LogP contribution in [-0.4, -0.2) is 29.1 Å². The molecule has 112 valence electrons. The predicted octanol–water partition coefficient (Wildman–Crippen LogP) is 3.27. The second kappa shape index (κ2) is 6.08. The topological polar surface area (TPSA) is 58.4 Å². The van der Waals surface area contributed by atoms with Gasteiger partial charge in [-0.25, -0.2) is 0 Å². The number of nitrogens with zero attached hydrogens (tertiary/aromatic N) is 1. The normalized spacial score (nSPS) is 22.3. The quantitative estimate of drug-likeness (QED) is 0.881. The van der Waals surface area contributed by atoms with Crippen molar-refractivity contribution in [1.82, 2.24) is 4.90 Å². The Bertz CT molecular complexity index is 614. The fourth-order valence-electron chi connectivity index (χ4n) is 2.49. The van der Waals surface area contributed by atoms with Crippen LogP contribution in [0.1, 0.15) is 12.8 Å². The second-order valence-electron chi connectivity index (χ2n) is 5.06. The van der Waals surface area contributed by atoms with E-state index in [4.69, 9.17) is 28.9 Å². The van der Waals surface area contributed by atoms with Crippen LogP contribution in [0.25, 0.3) is 0 Å². The van der Waals surface area contributed by atoms with E-state index in [-0.39, 0.29) is 5.12 Å². The summed E-state index contributed by atoms with van der Waals surface area (Å²) in [6, 6.07) is 4.52. The van der Waals surface area contributed by atoms with Gasteiger partial charge in [0.05, 0.1) is 16.4 Å². The molecule has 0 spiro atoms. The zero-order valence-electron chi connectivity index (χ0n) is 11.2. The third kappa shape index (κ3) is 3.01. The van der Waals surface area contributed by atoms with Gasteiger partial charge in [0.2, 0.25) is 5.12 Å². The summed E-state index contributed by atoms with van der Waals surface area (Å²) in [6.45, 7) is 1.91. The van der Waals surface area contributed by atoms with Crippen molar-refractivity contribution in [2.45, 2.75) is 18.9 Å². The minimum Gasteiger partial charge on any atom is -0.365 e. The molecule has 1 saturated heterocycles. The van der Waals surface area contributed by atoms with E-state index in [2.05, 4.69) is 10.2 Å². The van der Waals surface area contributed by atoms with Crippen LogP contribution in [-0.2, 0) is 4.79 Å². The summed E-state index contributed by atoms with van der Waals surface area (Å²) in [5.41, 5.74) is 7.41. The van der Waals surface area contributed by atoms with E-state index in [0.717, 1.165) is 36.7 Å². The average Bonchev–Trinajstić information content (AvgIpc) is 3.06. The number of carbonyl (C=O) groups is 1. The minimum absolute atomic E-state index is 0.0439. The molecule has 0 aliphatic carbocycles. The van der Waals surface area contributed by atoms with Crippen LogP contribution >= 0.6 is 35.0 Å². The molecule has 1 unspecified atom stereocenters. The predicted molar refractivity (Wildman–Crippen MR) is 88.5 cm³/mol. The van der Waals surface area contributed by atoms with E-state index in [9.17, 15) is 4.79 Å². The van der Waals surface area contributed by atoms with Gasteiger partial charge in [0.15, 0.2) is 0 Å². The number of rotatable bonds is 3. The largest absolute Gasteiger partial charge is 0.365 e. The highest BCUT2D eigenvalue weighted by Gasteiger charge is 2.35. The third-order valence-corrected chi connectivity index (χ3v) is 5.27. The van der Waals surface area contributed by atoms with E-state index in [1.54, 1.807) is 18.2 Å². The Hall–Kier alpha value is -0.880. The molecule has 4 nitrogen and oxygen atoms in total. The van der Waals surface area contributed by atoms with Crippen molar-refractivity contribution in [3.63, 3.8) is 0 Å². The number of nitrogens with two attached hydrogens (primary N) is 1. The van der Waals surface area contributed by atoms with Crippen LogP contribution in [0.15, 0.2) is 28.9 Å². The SMILES string of the molecule is NC1C(=O)SC(N2CCCC2)=C1Nc1cc(Cl)ccc1Cl. The van der Waals surface area contributed by atoms with E-state index in [1.807, 2.05) is 0 Å². The molecule has 21 heavy (non-hydrogen) atoms. The Kier molecular flexibility index (Phi) is 4.36. The summed E-state index contributed by atoms with van der Waals surface area (Å²) in [5, 5.41) is 5.21. The van der Waals surface area contributed by atoms with Crippen LogP contribution in [0.4, 0.5) is 5.69 Å². The fraction of sp³-hybridized carbons (Fsp3) is 0.357. The van der Waals surface area contributed by atoms with Gasteiger partial charge in [0.1, 0.15) is 11.1 Å². The van der Waals surface area contributed by atoms with E-state index in [1.165, 1.54) is 11.8 Å². The highest BCUT2D eigenvalue weighted by atomic mass is 35.5. The molecule has 7 heteroatoms. The maximum atomic E-state index is 12.0. The number of hydrogen-bond acceptors (Lipinski definition) is 5. The smallest absolute Gasteiger partial charge is 0.217 e. The first-order valence-electron chi connectivity index (χ1n) is 6.75. The molecule has 1 fully saturated rings. The highest BCUT2D eigenvalue weighted by molar-refractivity contribution is 8.17. The maximum absolute atomic E-state index is 12.0. The van der Waals surface area contributed by atoms with Gasteiger partial charge in [-0.2, -0.15) is 0 Å². The van der Waals surface area contributed by atoms with Gasteiger partial charge in [-0.1, -0.05) is 23.2 Å². The third-order valence-electron chi connectivity index (χ3n) is 3.58. The van der Waals surface area contributed by atoms with Gasteiger partial charge < -0.3 is 16.0 Å². The molecular weight excluding hydrogens is 329 g/mol. The lowest BCUT2D eigenvalue weighted by atomic mass is 10.2. The number of halogens is 2. The molecule has 1 aromatic carbocycles. The van der Waals surface area contributed by atoms with Crippen molar-refractivity contribution in [2.75, 3.05) is 18.4 Å². The van der Waals surface area contributed by atoms with Gasteiger partial charge in [-0.05, 0) is 42.8 Å². The molecule has 0 aromatic heterocycles. The highest BCUT2D eigenvalue weighted by Crippen LogP contribution is 2.38. The molecule has 2 aliphatic rings. The molecule has 1 aromatic rings. The number of thioether (sulfide) groups is 1. The molecule has 0 bridgehead atoms. The minimum atomic E-state index is -0.652. The summed E-state index contributed by atoms with van der Waals surface area (Å²) in [4.78, 5) is 14.2. The van der Waals surface area contributed by atoms with Crippen LogP contribution < -0.4 is 11.1 Å². The van der Waals surface area contributed by atoms with Gasteiger partial charge in [0.25, 0.3) is 0 Å². The molecule has 2 heterocycles.